The van der Waals surface area contributed by atoms with Crippen molar-refractivity contribution in [3.8, 4) is 0 Å². The molecule has 0 spiro atoms. The van der Waals surface area contributed by atoms with E-state index in [1.165, 1.54) is 17.7 Å². The van der Waals surface area contributed by atoms with Gasteiger partial charge in [0.1, 0.15) is 5.82 Å². The monoisotopic (exact) mass is 539 g/mol. The minimum absolute atomic E-state index is 0.192. The van der Waals surface area contributed by atoms with Crippen LogP contribution in [0.4, 0.5) is 14.9 Å². The number of nitrogens with zero attached hydrogens (tertiary/aromatic N) is 2. The number of aromatic nitrogens is 3. The molecule has 11 heteroatoms. The Kier molecular flexibility index (Phi) is 6.47. The largest absolute Gasteiger partial charge is 0.348 e. The van der Waals surface area contributed by atoms with Crippen LogP contribution in [0.15, 0.2) is 66.1 Å². The molecule has 0 saturated carbocycles. The van der Waals surface area contributed by atoms with Crippen LogP contribution in [0.25, 0.3) is 10.9 Å². The Bertz CT molecular complexity index is 1710. The molecule has 5 N–H and O–H groups in total. The summed E-state index contributed by atoms with van der Waals surface area (Å²) >= 11 is 0. The van der Waals surface area contributed by atoms with E-state index in [4.69, 9.17) is 0 Å². The van der Waals surface area contributed by atoms with Gasteiger partial charge in [-0.2, -0.15) is 5.10 Å². The highest BCUT2D eigenvalue weighted by Crippen LogP contribution is 2.30. The Morgan fingerprint density at radius 3 is 2.83 bits per heavy atom. The second-order valence-corrected chi connectivity index (χ2v) is 9.92. The predicted molar refractivity (Wildman–Crippen MR) is 146 cm³/mol. The smallest absolute Gasteiger partial charge is 0.319 e. The molecule has 4 aromatic rings. The van der Waals surface area contributed by atoms with Crippen LogP contribution in [0.5, 0.6) is 0 Å². The summed E-state index contributed by atoms with van der Waals surface area (Å²) in [6.45, 7) is 1.81. The maximum absolute atomic E-state index is 14.8. The third kappa shape index (κ3) is 4.89. The molecule has 6 rings (SSSR count). The van der Waals surface area contributed by atoms with E-state index in [-0.39, 0.29) is 17.7 Å². The zero-order valence-electron chi connectivity index (χ0n) is 21.6. The van der Waals surface area contributed by atoms with E-state index in [9.17, 15) is 18.8 Å². The summed E-state index contributed by atoms with van der Waals surface area (Å²) in [7, 11) is 0. The molecule has 2 aliphatic rings. The van der Waals surface area contributed by atoms with E-state index >= 15 is 0 Å². The van der Waals surface area contributed by atoms with Crippen LogP contribution in [0.3, 0.4) is 0 Å². The minimum Gasteiger partial charge on any atom is -0.348 e. The zero-order chi connectivity index (χ0) is 27.8. The van der Waals surface area contributed by atoms with Crippen LogP contribution in [0.1, 0.15) is 52.1 Å². The molecule has 0 saturated heterocycles. The number of H-pyrrole nitrogens is 1. The Morgan fingerprint density at radius 2 is 1.95 bits per heavy atom. The number of aromatic amines is 1. The van der Waals surface area contributed by atoms with Crippen molar-refractivity contribution in [2.45, 2.75) is 38.8 Å². The first-order chi connectivity index (χ1) is 19.4. The average Bonchev–Trinajstić information content (AvgIpc) is 3.60. The SMILES string of the molecule is CC1=C(C(=O)Nc2ccc3[nH]ncc3c2)C(c2ccc(F)c(C(=O)NCc3cnc4c(c3)CCC4)c2)NC(=O)N1. The molecule has 4 amide bonds. The molecule has 202 valence electrons. The normalized spacial score (nSPS) is 16.4. The second kappa shape index (κ2) is 10.3. The second-order valence-electron chi connectivity index (χ2n) is 9.92. The number of benzene rings is 2. The summed E-state index contributed by atoms with van der Waals surface area (Å²) in [5.41, 5.74) is 5.23. The number of urea groups is 1. The number of hydrogen-bond donors (Lipinski definition) is 5. The number of aryl methyl sites for hydroxylation is 2. The first kappa shape index (κ1) is 25.2. The standard InChI is InChI=1S/C29H26FN7O3/c1-15-25(28(39)35-20-6-8-24-19(10-20)14-33-37-24)26(36-29(40)34-15)18-5-7-22(30)21(11-18)27(38)32-13-16-9-17-3-2-4-23(17)31-12-16/h5-12,14,26H,2-4,13H2,1H3,(H,32,38)(H,33,37)(H,35,39)(H2,34,36,40). The summed E-state index contributed by atoms with van der Waals surface area (Å²) < 4.78 is 14.8. The Labute approximate surface area is 228 Å². The maximum Gasteiger partial charge on any atom is 0.319 e. The fourth-order valence-electron chi connectivity index (χ4n) is 5.21. The van der Waals surface area contributed by atoms with Gasteiger partial charge in [-0.15, -0.1) is 0 Å². The van der Waals surface area contributed by atoms with Gasteiger partial charge in [0.05, 0.1) is 28.9 Å². The lowest BCUT2D eigenvalue weighted by atomic mass is 9.93. The summed E-state index contributed by atoms with van der Waals surface area (Å²) in [5, 5.41) is 18.6. The number of amides is 4. The number of fused-ring (bicyclic) bond motifs is 2. The highest BCUT2D eigenvalue weighted by atomic mass is 19.1. The van der Waals surface area contributed by atoms with Crippen LogP contribution in [0, 0.1) is 5.82 Å². The number of halogens is 1. The quantitative estimate of drug-likeness (QED) is 0.254. The molecule has 1 aliphatic heterocycles. The molecule has 2 aromatic carbocycles. The predicted octanol–water partition coefficient (Wildman–Crippen LogP) is 3.78. The van der Waals surface area contributed by atoms with Crippen molar-refractivity contribution in [3.05, 3.63) is 99.9 Å². The van der Waals surface area contributed by atoms with Crippen LogP contribution in [0.2, 0.25) is 0 Å². The molecule has 1 unspecified atom stereocenters. The fraction of sp³-hybridized carbons (Fsp3) is 0.207. The Morgan fingerprint density at radius 1 is 1.07 bits per heavy atom. The van der Waals surface area contributed by atoms with Crippen molar-refractivity contribution in [2.24, 2.45) is 0 Å². The third-order valence-corrected chi connectivity index (χ3v) is 7.21. The van der Waals surface area contributed by atoms with Crippen molar-refractivity contribution in [2.75, 3.05) is 5.32 Å². The topological polar surface area (TPSA) is 141 Å². The van der Waals surface area contributed by atoms with Crippen molar-refractivity contribution in [3.63, 3.8) is 0 Å². The molecule has 2 aromatic heterocycles. The first-order valence-electron chi connectivity index (χ1n) is 12.9. The molecule has 1 aliphatic carbocycles. The number of pyridine rings is 1. The van der Waals surface area contributed by atoms with Crippen LogP contribution in [-0.4, -0.2) is 33.0 Å². The fourth-order valence-corrected chi connectivity index (χ4v) is 5.21. The zero-order valence-corrected chi connectivity index (χ0v) is 21.6. The lowest BCUT2D eigenvalue weighted by Gasteiger charge is -2.29. The summed E-state index contributed by atoms with van der Waals surface area (Å²) in [6.07, 6.45) is 6.36. The van der Waals surface area contributed by atoms with Crippen molar-refractivity contribution < 1.29 is 18.8 Å². The number of rotatable bonds is 6. The molecular weight excluding hydrogens is 513 g/mol. The maximum atomic E-state index is 14.8. The van der Waals surface area contributed by atoms with E-state index in [1.807, 2.05) is 6.07 Å². The van der Waals surface area contributed by atoms with E-state index in [1.54, 1.807) is 37.5 Å². The molecule has 0 bridgehead atoms. The number of allylic oxidation sites excluding steroid dienone is 1. The average molecular weight is 540 g/mol. The van der Waals surface area contributed by atoms with E-state index in [2.05, 4.69) is 36.4 Å². The lowest BCUT2D eigenvalue weighted by Crippen LogP contribution is -2.46. The lowest BCUT2D eigenvalue weighted by molar-refractivity contribution is -0.113. The molecule has 0 fully saturated rings. The van der Waals surface area contributed by atoms with Gasteiger partial charge in [0.15, 0.2) is 0 Å². The first-order valence-corrected chi connectivity index (χ1v) is 12.9. The van der Waals surface area contributed by atoms with Gasteiger partial charge in [-0.05, 0) is 73.2 Å². The van der Waals surface area contributed by atoms with Gasteiger partial charge in [-0.3, -0.25) is 19.7 Å². The summed E-state index contributed by atoms with van der Waals surface area (Å²) in [4.78, 5) is 43.3. The number of anilines is 1. The highest BCUT2D eigenvalue weighted by molar-refractivity contribution is 6.07. The number of carbonyl (C=O) groups is 3. The highest BCUT2D eigenvalue weighted by Gasteiger charge is 2.32. The van der Waals surface area contributed by atoms with Crippen molar-refractivity contribution in [1.29, 1.82) is 0 Å². The summed E-state index contributed by atoms with van der Waals surface area (Å²) in [6, 6.07) is 9.86. The van der Waals surface area contributed by atoms with Gasteiger partial charge in [0, 0.05) is 35.2 Å². The van der Waals surface area contributed by atoms with Gasteiger partial charge in [-0.25, -0.2) is 9.18 Å². The molecule has 1 atom stereocenters. The molecule has 0 radical (unpaired) electrons. The number of nitrogens with one attached hydrogen (secondary N) is 5. The molecular formula is C29H26FN7O3. The summed E-state index contributed by atoms with van der Waals surface area (Å²) in [5.74, 6) is -1.79. The van der Waals surface area contributed by atoms with Crippen LogP contribution < -0.4 is 21.3 Å². The van der Waals surface area contributed by atoms with Gasteiger partial charge in [0.2, 0.25) is 0 Å². The van der Waals surface area contributed by atoms with Gasteiger partial charge in [-0.1, -0.05) is 12.1 Å². The number of hydrogen-bond acceptors (Lipinski definition) is 5. The molecule has 10 nitrogen and oxygen atoms in total. The van der Waals surface area contributed by atoms with Crippen LogP contribution >= 0.6 is 0 Å². The van der Waals surface area contributed by atoms with Crippen LogP contribution in [-0.2, 0) is 24.2 Å². The molecule has 3 heterocycles. The molecule has 40 heavy (non-hydrogen) atoms. The third-order valence-electron chi connectivity index (χ3n) is 7.21. The van der Waals surface area contributed by atoms with E-state index in [0.29, 0.717) is 16.9 Å². The Balaban J connectivity index is 1.24. The number of carbonyl (C=O) groups excluding carboxylic acids is 3. The van der Waals surface area contributed by atoms with Gasteiger partial charge >= 0.3 is 6.03 Å². The van der Waals surface area contributed by atoms with Gasteiger partial charge in [0.25, 0.3) is 11.8 Å². The van der Waals surface area contributed by atoms with Crippen molar-refractivity contribution >= 4 is 34.4 Å². The minimum atomic E-state index is -0.917. The Hall–Kier alpha value is -5.06. The van der Waals surface area contributed by atoms with Crippen molar-refractivity contribution in [1.82, 2.24) is 31.1 Å². The van der Waals surface area contributed by atoms with E-state index < -0.39 is 29.7 Å². The van der Waals surface area contributed by atoms with E-state index in [0.717, 1.165) is 47.5 Å². The van der Waals surface area contributed by atoms with Gasteiger partial charge < -0.3 is 21.3 Å².